The van der Waals surface area contributed by atoms with E-state index in [0.717, 1.165) is 32.1 Å². The molecule has 1 aromatic rings. The number of benzene rings is 1. The molecular formula is C23H20N2O4. The van der Waals surface area contributed by atoms with Gasteiger partial charge in [-0.3, -0.25) is 29.0 Å². The number of rotatable bonds is 2. The number of likely N-dealkylation sites (tertiary alicyclic amines) is 2. The summed E-state index contributed by atoms with van der Waals surface area (Å²) < 4.78 is 0. The van der Waals surface area contributed by atoms with Crippen LogP contribution >= 0.6 is 0 Å². The molecule has 6 heteroatoms. The van der Waals surface area contributed by atoms with Crippen molar-refractivity contribution >= 4 is 35.8 Å². The van der Waals surface area contributed by atoms with Crippen LogP contribution < -0.4 is 0 Å². The van der Waals surface area contributed by atoms with Gasteiger partial charge in [0, 0.05) is 25.2 Å². The Morgan fingerprint density at radius 2 is 1.10 bits per heavy atom. The summed E-state index contributed by atoms with van der Waals surface area (Å²) in [6.45, 7) is 0. The van der Waals surface area contributed by atoms with E-state index in [1.54, 1.807) is 12.2 Å². The third-order valence-electron chi connectivity index (χ3n) is 5.40. The number of fused-ring (bicyclic) bond motifs is 1. The fourth-order valence-corrected chi connectivity index (χ4v) is 3.74. The molecule has 0 atom stereocenters. The summed E-state index contributed by atoms with van der Waals surface area (Å²) in [6, 6.07) is 7.82. The molecule has 1 aliphatic carbocycles. The average molecular weight is 388 g/mol. The maximum atomic E-state index is 12.3. The highest BCUT2D eigenvalue weighted by Gasteiger charge is 2.32. The van der Waals surface area contributed by atoms with Crippen LogP contribution in [0.25, 0.3) is 12.2 Å². The summed E-state index contributed by atoms with van der Waals surface area (Å²) in [5.41, 5.74) is 4.64. The maximum absolute atomic E-state index is 12.3. The SMILES string of the molecule is CN1C(=O)C/C(=C\C2=Cc3ccccc3C=C(/C=C3\CC(=O)N(C)C3=O)C2)C1=O. The van der Waals surface area contributed by atoms with Crippen molar-refractivity contribution in [2.75, 3.05) is 14.1 Å². The third kappa shape index (κ3) is 3.49. The number of hydrogen-bond donors (Lipinski definition) is 0. The van der Waals surface area contributed by atoms with Gasteiger partial charge in [0.05, 0.1) is 12.8 Å². The first kappa shape index (κ1) is 18.8. The molecule has 2 heterocycles. The molecular weight excluding hydrogens is 368 g/mol. The zero-order chi connectivity index (χ0) is 20.7. The van der Waals surface area contributed by atoms with Crippen LogP contribution in [0, 0.1) is 0 Å². The van der Waals surface area contributed by atoms with Crippen molar-refractivity contribution in [2.45, 2.75) is 19.3 Å². The van der Waals surface area contributed by atoms with E-state index in [1.807, 2.05) is 36.4 Å². The second kappa shape index (κ2) is 7.13. The molecule has 2 aliphatic heterocycles. The summed E-state index contributed by atoms with van der Waals surface area (Å²) >= 11 is 0. The van der Waals surface area contributed by atoms with Gasteiger partial charge in [-0.1, -0.05) is 36.4 Å². The molecule has 0 radical (unpaired) electrons. The van der Waals surface area contributed by atoms with Gasteiger partial charge in [0.2, 0.25) is 11.8 Å². The van der Waals surface area contributed by atoms with Gasteiger partial charge in [-0.25, -0.2) is 0 Å². The molecule has 2 saturated heterocycles. The van der Waals surface area contributed by atoms with Crippen molar-refractivity contribution in [2.24, 2.45) is 0 Å². The lowest BCUT2D eigenvalue weighted by atomic mass is 10.00. The molecule has 0 bridgehead atoms. The molecule has 4 amide bonds. The van der Waals surface area contributed by atoms with Gasteiger partial charge in [-0.15, -0.1) is 0 Å². The quantitative estimate of drug-likeness (QED) is 0.576. The van der Waals surface area contributed by atoms with E-state index < -0.39 is 0 Å². The van der Waals surface area contributed by atoms with Crippen LogP contribution in [0.5, 0.6) is 0 Å². The van der Waals surface area contributed by atoms with Crippen molar-refractivity contribution < 1.29 is 19.2 Å². The Balaban J connectivity index is 1.74. The zero-order valence-corrected chi connectivity index (χ0v) is 16.3. The molecule has 0 spiro atoms. The van der Waals surface area contributed by atoms with Gasteiger partial charge in [-0.2, -0.15) is 0 Å². The number of amides is 4. The molecule has 2 fully saturated rings. The van der Waals surface area contributed by atoms with E-state index in [-0.39, 0.29) is 36.5 Å². The van der Waals surface area contributed by atoms with E-state index in [0.29, 0.717) is 17.6 Å². The Morgan fingerprint density at radius 1 is 0.690 bits per heavy atom. The van der Waals surface area contributed by atoms with Crippen molar-refractivity contribution in [3.8, 4) is 0 Å². The number of hydrogen-bond acceptors (Lipinski definition) is 4. The molecule has 3 aliphatic rings. The van der Waals surface area contributed by atoms with Crippen molar-refractivity contribution in [1.82, 2.24) is 9.80 Å². The highest BCUT2D eigenvalue weighted by Crippen LogP contribution is 2.31. The molecule has 0 N–H and O–H groups in total. The van der Waals surface area contributed by atoms with Crippen molar-refractivity contribution in [3.05, 3.63) is 69.8 Å². The number of carbonyl (C=O) groups is 4. The lowest BCUT2D eigenvalue weighted by Gasteiger charge is -2.06. The molecule has 29 heavy (non-hydrogen) atoms. The second-order valence-corrected chi connectivity index (χ2v) is 7.45. The summed E-state index contributed by atoms with van der Waals surface area (Å²) in [5, 5.41) is 0. The maximum Gasteiger partial charge on any atom is 0.256 e. The first-order valence-corrected chi connectivity index (χ1v) is 9.36. The predicted molar refractivity (Wildman–Crippen MR) is 108 cm³/mol. The van der Waals surface area contributed by atoms with E-state index in [1.165, 1.54) is 14.1 Å². The molecule has 0 saturated carbocycles. The zero-order valence-electron chi connectivity index (χ0n) is 16.3. The predicted octanol–water partition coefficient (Wildman–Crippen LogP) is 2.49. The highest BCUT2D eigenvalue weighted by molar-refractivity contribution is 6.14. The minimum atomic E-state index is -0.282. The largest absolute Gasteiger partial charge is 0.282 e. The average Bonchev–Trinajstić information content (AvgIpc) is 2.99. The van der Waals surface area contributed by atoms with Gasteiger partial charge in [-0.05, 0) is 40.8 Å². The Hall–Kier alpha value is -3.54. The van der Waals surface area contributed by atoms with Gasteiger partial charge in [0.1, 0.15) is 0 Å². The van der Waals surface area contributed by atoms with Crippen molar-refractivity contribution in [3.63, 3.8) is 0 Å². The summed E-state index contributed by atoms with van der Waals surface area (Å²) in [7, 11) is 2.97. The molecule has 6 nitrogen and oxygen atoms in total. The molecule has 4 rings (SSSR count). The van der Waals surface area contributed by atoms with Crippen LogP contribution in [0.4, 0.5) is 0 Å². The standard InChI is InChI=1S/C23H20N2O4/c1-24-20(26)12-18(22(24)28)10-14-7-15(9-17-6-4-3-5-16(17)8-14)11-19-13-21(27)25(2)23(19)29/h3-6,8-11H,7,12-13H2,1-2H3/b18-10+,19-11+. The topological polar surface area (TPSA) is 74.8 Å². The highest BCUT2D eigenvalue weighted by atomic mass is 16.2. The van der Waals surface area contributed by atoms with Crippen molar-refractivity contribution in [1.29, 1.82) is 0 Å². The fraction of sp³-hybridized carbons (Fsp3) is 0.217. The summed E-state index contributed by atoms with van der Waals surface area (Å²) in [5.74, 6) is -0.996. The minimum Gasteiger partial charge on any atom is -0.282 e. The normalized spacial score (nSPS) is 22.4. The number of nitrogens with zero attached hydrogens (tertiary/aromatic N) is 2. The molecule has 0 unspecified atom stereocenters. The van der Waals surface area contributed by atoms with Gasteiger partial charge in [0.15, 0.2) is 0 Å². The number of imide groups is 2. The van der Waals surface area contributed by atoms with Crippen LogP contribution in [-0.4, -0.2) is 47.5 Å². The molecule has 0 aromatic heterocycles. The van der Waals surface area contributed by atoms with Crippen LogP contribution in [0.2, 0.25) is 0 Å². The van der Waals surface area contributed by atoms with Gasteiger partial charge in [0.25, 0.3) is 11.8 Å². The molecule has 146 valence electrons. The number of likely N-dealkylation sites (N-methyl/N-ethyl adjacent to an activating group) is 2. The fourth-order valence-electron chi connectivity index (χ4n) is 3.74. The van der Waals surface area contributed by atoms with E-state index in [4.69, 9.17) is 0 Å². The van der Waals surface area contributed by atoms with E-state index in [2.05, 4.69) is 0 Å². The van der Waals surface area contributed by atoms with Gasteiger partial charge < -0.3 is 0 Å². The lowest BCUT2D eigenvalue weighted by Crippen LogP contribution is -2.23. The third-order valence-corrected chi connectivity index (χ3v) is 5.40. The van der Waals surface area contributed by atoms with Gasteiger partial charge >= 0.3 is 0 Å². The lowest BCUT2D eigenvalue weighted by molar-refractivity contribution is -0.137. The van der Waals surface area contributed by atoms with E-state index in [9.17, 15) is 19.2 Å². The Kier molecular flexibility index (Phi) is 4.62. The number of allylic oxidation sites excluding steroid dienone is 4. The summed E-state index contributed by atoms with van der Waals surface area (Å²) in [6.07, 6.45) is 8.19. The van der Waals surface area contributed by atoms with Crippen LogP contribution in [0.15, 0.2) is 58.7 Å². The second-order valence-electron chi connectivity index (χ2n) is 7.45. The minimum absolute atomic E-state index is 0.0895. The first-order chi connectivity index (χ1) is 13.8. The van der Waals surface area contributed by atoms with Crippen LogP contribution in [-0.2, 0) is 19.2 Å². The summed E-state index contributed by atoms with van der Waals surface area (Å²) in [4.78, 5) is 50.5. The monoisotopic (exact) mass is 388 g/mol. The Labute approximate surface area is 168 Å². The molecule has 1 aromatic carbocycles. The first-order valence-electron chi connectivity index (χ1n) is 9.36. The smallest absolute Gasteiger partial charge is 0.256 e. The van der Waals surface area contributed by atoms with Crippen LogP contribution in [0.1, 0.15) is 30.4 Å². The Bertz CT molecular complexity index is 1000. The van der Waals surface area contributed by atoms with E-state index >= 15 is 0 Å². The van der Waals surface area contributed by atoms with Crippen LogP contribution in [0.3, 0.4) is 0 Å². The number of carbonyl (C=O) groups excluding carboxylic acids is 4. The Morgan fingerprint density at radius 3 is 1.45 bits per heavy atom.